The molecule has 7 heteroatoms. The number of halogens is 1. The van der Waals surface area contributed by atoms with Gasteiger partial charge in [-0.05, 0) is 44.2 Å². The number of carbonyl (C=O) groups is 1. The van der Waals surface area contributed by atoms with Crippen LogP contribution in [0.3, 0.4) is 0 Å². The zero-order chi connectivity index (χ0) is 17.8. The van der Waals surface area contributed by atoms with Crippen molar-refractivity contribution in [3.05, 3.63) is 76.5 Å². The normalized spacial score (nSPS) is 11.0. The topological polar surface area (TPSA) is 72.2 Å². The fourth-order valence-corrected chi connectivity index (χ4v) is 2.74. The highest BCUT2D eigenvalue weighted by Crippen LogP contribution is 2.18. The first-order valence-corrected chi connectivity index (χ1v) is 8.00. The van der Waals surface area contributed by atoms with Gasteiger partial charge >= 0.3 is 0 Å². The van der Waals surface area contributed by atoms with Crippen LogP contribution >= 0.6 is 11.6 Å². The summed E-state index contributed by atoms with van der Waals surface area (Å²) in [4.78, 5) is 20.3. The predicted molar refractivity (Wildman–Crippen MR) is 97.3 cm³/mol. The van der Waals surface area contributed by atoms with E-state index in [9.17, 15) is 4.79 Å². The van der Waals surface area contributed by atoms with Crippen molar-refractivity contribution in [2.24, 2.45) is 5.10 Å². The third kappa shape index (κ3) is 3.59. The summed E-state index contributed by atoms with van der Waals surface area (Å²) in [6, 6.07) is 11.0. The number of rotatable bonds is 4. The molecule has 0 spiro atoms. The maximum Gasteiger partial charge on any atom is 0.274 e. The van der Waals surface area contributed by atoms with Crippen LogP contribution in [0.25, 0.3) is 5.82 Å². The van der Waals surface area contributed by atoms with Crippen LogP contribution in [0.15, 0.2) is 53.9 Å². The largest absolute Gasteiger partial charge is 0.303 e. The molecule has 3 heterocycles. The lowest BCUT2D eigenvalue weighted by molar-refractivity contribution is 0.0955. The summed E-state index contributed by atoms with van der Waals surface area (Å²) in [5, 5.41) is 4.17. The Balaban J connectivity index is 1.79. The van der Waals surface area contributed by atoms with Crippen molar-refractivity contribution >= 4 is 23.7 Å². The molecule has 25 heavy (non-hydrogen) atoms. The Hall–Kier alpha value is -2.99. The maximum atomic E-state index is 12.1. The number of carbonyl (C=O) groups excluding carboxylic acids is 1. The first kappa shape index (κ1) is 16.9. The Morgan fingerprint density at radius 2 is 2.00 bits per heavy atom. The van der Waals surface area contributed by atoms with Crippen molar-refractivity contribution in [2.45, 2.75) is 13.8 Å². The number of hydrazone groups is 1. The van der Waals surface area contributed by atoms with Crippen molar-refractivity contribution in [2.75, 3.05) is 0 Å². The summed E-state index contributed by atoms with van der Waals surface area (Å²) in [6.07, 6.45) is 4.87. The van der Waals surface area contributed by atoms with Crippen LogP contribution < -0.4 is 5.43 Å². The highest BCUT2D eigenvalue weighted by atomic mass is 35.5. The van der Waals surface area contributed by atoms with Gasteiger partial charge in [0, 0.05) is 29.3 Å². The number of aryl methyl sites for hydroxylation is 1. The molecule has 0 unspecified atom stereocenters. The van der Waals surface area contributed by atoms with Crippen molar-refractivity contribution in [1.29, 1.82) is 0 Å². The van der Waals surface area contributed by atoms with Gasteiger partial charge in [0.15, 0.2) is 0 Å². The second-order valence-corrected chi connectivity index (χ2v) is 5.75. The molecule has 0 saturated heterocycles. The smallest absolute Gasteiger partial charge is 0.274 e. The molecule has 0 aromatic carbocycles. The lowest BCUT2D eigenvalue weighted by Gasteiger charge is -2.07. The monoisotopic (exact) mass is 353 g/mol. The Kier molecular flexibility index (Phi) is 4.90. The molecule has 0 aliphatic carbocycles. The summed E-state index contributed by atoms with van der Waals surface area (Å²) < 4.78 is 2.03. The van der Waals surface area contributed by atoms with Crippen LogP contribution in [0.5, 0.6) is 0 Å². The van der Waals surface area contributed by atoms with E-state index in [1.54, 1.807) is 24.5 Å². The zero-order valence-electron chi connectivity index (χ0n) is 13.8. The number of hydrogen-bond donors (Lipinski definition) is 1. The summed E-state index contributed by atoms with van der Waals surface area (Å²) in [6.45, 7) is 3.97. The number of pyridine rings is 2. The zero-order valence-corrected chi connectivity index (χ0v) is 14.5. The van der Waals surface area contributed by atoms with Gasteiger partial charge in [-0.1, -0.05) is 17.7 Å². The minimum Gasteiger partial charge on any atom is -0.303 e. The molecule has 0 atom stereocenters. The quantitative estimate of drug-likeness (QED) is 0.444. The minimum absolute atomic E-state index is 0.142. The molecule has 0 aliphatic rings. The first-order valence-electron chi connectivity index (χ1n) is 7.62. The van der Waals surface area contributed by atoms with Gasteiger partial charge in [-0.15, -0.1) is 0 Å². The van der Waals surface area contributed by atoms with Gasteiger partial charge in [0.1, 0.15) is 11.0 Å². The Morgan fingerprint density at radius 1 is 1.20 bits per heavy atom. The molecule has 0 fully saturated rings. The van der Waals surface area contributed by atoms with Gasteiger partial charge in [0.05, 0.1) is 11.8 Å². The molecular weight excluding hydrogens is 338 g/mol. The van der Waals surface area contributed by atoms with E-state index >= 15 is 0 Å². The van der Waals surface area contributed by atoms with E-state index < -0.39 is 5.91 Å². The van der Waals surface area contributed by atoms with E-state index in [-0.39, 0.29) is 10.7 Å². The number of hydrogen-bond acceptors (Lipinski definition) is 4. The van der Waals surface area contributed by atoms with Crippen LogP contribution in [0.1, 0.15) is 27.3 Å². The van der Waals surface area contributed by atoms with Gasteiger partial charge in [-0.2, -0.15) is 5.10 Å². The number of nitrogens with zero attached hydrogens (tertiary/aromatic N) is 4. The Labute approximate surface area is 150 Å². The summed E-state index contributed by atoms with van der Waals surface area (Å²) in [7, 11) is 0. The van der Waals surface area contributed by atoms with Crippen LogP contribution in [-0.2, 0) is 0 Å². The molecule has 3 aromatic rings. The average Bonchev–Trinajstić information content (AvgIpc) is 2.89. The summed E-state index contributed by atoms with van der Waals surface area (Å²) in [5.74, 6) is 0.427. The molecule has 0 aliphatic heterocycles. The number of amides is 1. The highest BCUT2D eigenvalue weighted by Gasteiger charge is 2.11. The van der Waals surface area contributed by atoms with Crippen molar-refractivity contribution in [1.82, 2.24) is 20.0 Å². The van der Waals surface area contributed by atoms with Gasteiger partial charge in [0.25, 0.3) is 5.91 Å². The summed E-state index contributed by atoms with van der Waals surface area (Å²) >= 11 is 5.90. The fourth-order valence-electron chi connectivity index (χ4n) is 2.53. The Bertz CT molecular complexity index is 934. The van der Waals surface area contributed by atoms with Gasteiger partial charge in [-0.25, -0.2) is 15.4 Å². The van der Waals surface area contributed by atoms with Crippen LogP contribution in [0, 0.1) is 13.8 Å². The Morgan fingerprint density at radius 3 is 2.72 bits per heavy atom. The van der Waals surface area contributed by atoms with Crippen molar-refractivity contribution in [3.63, 3.8) is 0 Å². The van der Waals surface area contributed by atoms with Gasteiger partial charge in [0.2, 0.25) is 0 Å². The molecule has 6 nitrogen and oxygen atoms in total. The van der Waals surface area contributed by atoms with Gasteiger partial charge in [-0.3, -0.25) is 4.79 Å². The molecule has 1 N–H and O–H groups in total. The number of nitrogens with one attached hydrogen (secondary N) is 1. The molecule has 3 aromatic heterocycles. The summed E-state index contributed by atoms with van der Waals surface area (Å²) in [5.41, 5.74) is 5.64. The van der Waals surface area contributed by atoms with E-state index in [1.165, 1.54) is 6.20 Å². The maximum absolute atomic E-state index is 12.1. The van der Waals surface area contributed by atoms with E-state index in [4.69, 9.17) is 11.6 Å². The SMILES string of the molecule is Cc1cc(C=NNC(=O)c2cccnc2Cl)c(C)n1-c1ccccn1. The minimum atomic E-state index is -0.409. The third-order valence-corrected chi connectivity index (χ3v) is 4.02. The van der Waals surface area contributed by atoms with Crippen molar-refractivity contribution < 1.29 is 4.79 Å². The van der Waals surface area contributed by atoms with Crippen LogP contribution in [0.4, 0.5) is 0 Å². The van der Waals surface area contributed by atoms with E-state index in [2.05, 4.69) is 20.5 Å². The van der Waals surface area contributed by atoms with Crippen LogP contribution in [-0.4, -0.2) is 26.7 Å². The average molecular weight is 354 g/mol. The van der Waals surface area contributed by atoms with E-state index in [1.807, 2.05) is 42.7 Å². The fraction of sp³-hybridized carbons (Fsp3) is 0.111. The predicted octanol–water partition coefficient (Wildman–Crippen LogP) is 3.30. The molecule has 0 bridgehead atoms. The standard InChI is InChI=1S/C18H16ClN5O/c1-12-10-14(13(2)24(12)16-7-3-4-8-20-16)11-22-23-18(25)15-6-5-9-21-17(15)19/h3-11H,1-2H3,(H,23,25). The van der Waals surface area contributed by atoms with E-state index in [0.29, 0.717) is 0 Å². The highest BCUT2D eigenvalue weighted by molar-refractivity contribution is 6.32. The number of aromatic nitrogens is 3. The molecule has 126 valence electrons. The van der Waals surface area contributed by atoms with E-state index in [0.717, 1.165) is 22.8 Å². The second-order valence-electron chi connectivity index (χ2n) is 5.39. The molecule has 0 radical (unpaired) electrons. The van der Waals surface area contributed by atoms with Crippen LogP contribution in [0.2, 0.25) is 5.15 Å². The van der Waals surface area contributed by atoms with Crippen molar-refractivity contribution in [3.8, 4) is 5.82 Å². The molecule has 3 rings (SSSR count). The first-order chi connectivity index (χ1) is 12.1. The molecule has 0 saturated carbocycles. The van der Waals surface area contributed by atoms with Gasteiger partial charge < -0.3 is 4.57 Å². The third-order valence-electron chi connectivity index (χ3n) is 3.72. The molecule has 1 amide bonds. The lowest BCUT2D eigenvalue weighted by Crippen LogP contribution is -2.18. The lowest BCUT2D eigenvalue weighted by atomic mass is 10.2. The second kappa shape index (κ2) is 7.27. The molecular formula is C18H16ClN5O.